The van der Waals surface area contributed by atoms with Gasteiger partial charge in [-0.2, -0.15) is 5.10 Å². The second kappa shape index (κ2) is 5.90. The van der Waals surface area contributed by atoms with E-state index in [4.69, 9.17) is 5.10 Å². The van der Waals surface area contributed by atoms with Gasteiger partial charge in [-0.1, -0.05) is 0 Å². The van der Waals surface area contributed by atoms with E-state index in [9.17, 15) is 4.79 Å². The molecule has 4 rings (SSSR count). The zero-order valence-electron chi connectivity index (χ0n) is 13.4. The quantitative estimate of drug-likeness (QED) is 0.814. The Labute approximate surface area is 134 Å². The summed E-state index contributed by atoms with van der Waals surface area (Å²) in [4.78, 5) is 21.8. The van der Waals surface area contributed by atoms with Crippen LogP contribution in [0.15, 0.2) is 10.9 Å². The first-order valence-corrected chi connectivity index (χ1v) is 8.26. The van der Waals surface area contributed by atoms with E-state index in [1.165, 1.54) is 5.69 Å². The Kier molecular flexibility index (Phi) is 3.74. The van der Waals surface area contributed by atoms with Crippen molar-refractivity contribution in [1.29, 1.82) is 0 Å². The third kappa shape index (κ3) is 2.94. The average molecular weight is 314 g/mol. The van der Waals surface area contributed by atoms with Crippen LogP contribution in [0.4, 0.5) is 0 Å². The molecule has 122 valence electrons. The lowest BCUT2D eigenvalue weighted by molar-refractivity contribution is 0.274. The van der Waals surface area contributed by atoms with Crippen LogP contribution in [0.25, 0.3) is 0 Å². The summed E-state index contributed by atoms with van der Waals surface area (Å²) in [6.07, 6.45) is 1.59. The molecule has 0 fully saturated rings. The van der Waals surface area contributed by atoms with Crippen molar-refractivity contribution in [3.8, 4) is 0 Å². The standard InChI is InChI=1S/C16H22N6O/c1-11-18-15-3-6-21(5-2-14(15)16(23)19-11)10-12-8-13-9-17-4-7-22(13)20-12/h8,17H,2-7,9-10H2,1H3,(H,18,19,23). The topological polar surface area (TPSA) is 78.8 Å². The number of aromatic nitrogens is 4. The lowest BCUT2D eigenvalue weighted by Gasteiger charge is -2.17. The van der Waals surface area contributed by atoms with Crippen LogP contribution >= 0.6 is 0 Å². The van der Waals surface area contributed by atoms with E-state index in [2.05, 4.69) is 30.9 Å². The molecule has 0 saturated heterocycles. The number of rotatable bonds is 2. The van der Waals surface area contributed by atoms with E-state index < -0.39 is 0 Å². The molecule has 0 radical (unpaired) electrons. The van der Waals surface area contributed by atoms with Crippen LogP contribution in [0.2, 0.25) is 0 Å². The number of fused-ring (bicyclic) bond motifs is 2. The van der Waals surface area contributed by atoms with E-state index in [0.29, 0.717) is 5.82 Å². The highest BCUT2D eigenvalue weighted by Gasteiger charge is 2.20. The number of hydrogen-bond donors (Lipinski definition) is 2. The summed E-state index contributed by atoms with van der Waals surface area (Å²) >= 11 is 0. The van der Waals surface area contributed by atoms with Crippen LogP contribution in [-0.2, 0) is 32.5 Å². The number of H-pyrrole nitrogens is 1. The molecule has 2 aromatic heterocycles. The summed E-state index contributed by atoms with van der Waals surface area (Å²) in [6, 6.07) is 2.19. The smallest absolute Gasteiger partial charge is 0.254 e. The molecule has 2 aliphatic heterocycles. The Bertz CT molecular complexity index is 754. The predicted octanol–water partition coefficient (Wildman–Crippen LogP) is -0.0212. The van der Waals surface area contributed by atoms with Crippen molar-refractivity contribution in [1.82, 2.24) is 30.0 Å². The van der Waals surface area contributed by atoms with E-state index in [-0.39, 0.29) is 5.56 Å². The van der Waals surface area contributed by atoms with E-state index in [0.717, 1.165) is 69.1 Å². The SMILES string of the molecule is Cc1nc2c(c(=O)[nH]1)CCN(Cc1cc3n(n1)CCNC3)CC2. The minimum Gasteiger partial charge on any atom is -0.311 e. The molecule has 23 heavy (non-hydrogen) atoms. The number of aryl methyl sites for hydroxylation is 1. The van der Waals surface area contributed by atoms with Crippen molar-refractivity contribution in [3.05, 3.63) is 44.9 Å². The fraction of sp³-hybridized carbons (Fsp3) is 0.562. The molecule has 2 aromatic rings. The number of nitrogens with zero attached hydrogens (tertiary/aromatic N) is 4. The zero-order chi connectivity index (χ0) is 15.8. The number of nitrogens with one attached hydrogen (secondary N) is 2. The van der Waals surface area contributed by atoms with Crippen molar-refractivity contribution in [2.24, 2.45) is 0 Å². The number of hydrogen-bond acceptors (Lipinski definition) is 5. The molecule has 7 heteroatoms. The van der Waals surface area contributed by atoms with Crippen LogP contribution in [0.1, 0.15) is 28.5 Å². The minimum absolute atomic E-state index is 0.0258. The Hall–Kier alpha value is -1.99. The van der Waals surface area contributed by atoms with Crippen LogP contribution < -0.4 is 10.9 Å². The maximum Gasteiger partial charge on any atom is 0.254 e. The fourth-order valence-electron chi connectivity index (χ4n) is 3.50. The summed E-state index contributed by atoms with van der Waals surface area (Å²) in [5.41, 5.74) is 4.22. The summed E-state index contributed by atoms with van der Waals surface area (Å²) in [5.74, 6) is 0.705. The normalized spacial score (nSPS) is 18.3. The first kappa shape index (κ1) is 14.6. The van der Waals surface area contributed by atoms with Crippen LogP contribution in [0, 0.1) is 6.92 Å². The van der Waals surface area contributed by atoms with Crippen LogP contribution in [-0.4, -0.2) is 44.3 Å². The molecule has 0 bridgehead atoms. The Morgan fingerprint density at radius 2 is 2.13 bits per heavy atom. The average Bonchev–Trinajstić information content (AvgIpc) is 2.82. The zero-order valence-corrected chi connectivity index (χ0v) is 13.4. The van der Waals surface area contributed by atoms with Gasteiger partial charge in [0.15, 0.2) is 0 Å². The van der Waals surface area contributed by atoms with Gasteiger partial charge >= 0.3 is 0 Å². The van der Waals surface area contributed by atoms with Gasteiger partial charge < -0.3 is 10.3 Å². The number of aromatic amines is 1. The van der Waals surface area contributed by atoms with Crippen molar-refractivity contribution >= 4 is 0 Å². The predicted molar refractivity (Wildman–Crippen MR) is 86.2 cm³/mol. The molecule has 4 heterocycles. The third-order valence-corrected chi connectivity index (χ3v) is 4.67. The van der Waals surface area contributed by atoms with Gasteiger partial charge in [-0.3, -0.25) is 14.4 Å². The molecule has 7 nitrogen and oxygen atoms in total. The van der Waals surface area contributed by atoms with Crippen molar-refractivity contribution < 1.29 is 0 Å². The highest BCUT2D eigenvalue weighted by Crippen LogP contribution is 2.14. The molecule has 0 amide bonds. The summed E-state index contributed by atoms with van der Waals surface area (Å²) in [5, 5.41) is 8.08. The van der Waals surface area contributed by atoms with Gasteiger partial charge in [-0.15, -0.1) is 0 Å². The Morgan fingerprint density at radius 3 is 3.00 bits per heavy atom. The van der Waals surface area contributed by atoms with Gasteiger partial charge in [-0.25, -0.2) is 4.98 Å². The molecule has 2 aliphatic rings. The molecule has 0 aromatic carbocycles. The third-order valence-electron chi connectivity index (χ3n) is 4.67. The van der Waals surface area contributed by atoms with Crippen molar-refractivity contribution in [2.75, 3.05) is 19.6 Å². The van der Waals surface area contributed by atoms with E-state index in [1.54, 1.807) is 0 Å². The Morgan fingerprint density at radius 1 is 1.26 bits per heavy atom. The van der Waals surface area contributed by atoms with Gasteiger partial charge in [0.1, 0.15) is 5.82 Å². The summed E-state index contributed by atoms with van der Waals surface area (Å²) < 4.78 is 2.11. The van der Waals surface area contributed by atoms with Crippen molar-refractivity contribution in [2.45, 2.75) is 39.4 Å². The highest BCUT2D eigenvalue weighted by atomic mass is 16.1. The second-order valence-corrected chi connectivity index (χ2v) is 6.38. The maximum atomic E-state index is 12.1. The van der Waals surface area contributed by atoms with Gasteiger partial charge in [0.05, 0.1) is 23.6 Å². The lowest BCUT2D eigenvalue weighted by atomic mass is 10.1. The molecule has 0 atom stereocenters. The van der Waals surface area contributed by atoms with Crippen LogP contribution in [0.3, 0.4) is 0 Å². The second-order valence-electron chi connectivity index (χ2n) is 6.38. The minimum atomic E-state index is 0.0258. The largest absolute Gasteiger partial charge is 0.311 e. The monoisotopic (exact) mass is 314 g/mol. The van der Waals surface area contributed by atoms with Crippen LogP contribution in [0.5, 0.6) is 0 Å². The first-order chi connectivity index (χ1) is 11.2. The maximum absolute atomic E-state index is 12.1. The molecule has 0 aliphatic carbocycles. The van der Waals surface area contributed by atoms with Gasteiger partial charge in [0.2, 0.25) is 0 Å². The molecular weight excluding hydrogens is 292 g/mol. The fourth-order valence-corrected chi connectivity index (χ4v) is 3.50. The lowest BCUT2D eigenvalue weighted by Crippen LogP contribution is -2.28. The van der Waals surface area contributed by atoms with E-state index >= 15 is 0 Å². The van der Waals surface area contributed by atoms with Gasteiger partial charge in [-0.05, 0) is 19.4 Å². The molecule has 2 N–H and O–H groups in total. The summed E-state index contributed by atoms with van der Waals surface area (Å²) in [7, 11) is 0. The van der Waals surface area contributed by atoms with Gasteiger partial charge in [0.25, 0.3) is 5.56 Å². The molecular formula is C16H22N6O. The molecule has 0 spiro atoms. The molecule has 0 saturated carbocycles. The van der Waals surface area contributed by atoms with E-state index in [1.807, 2.05) is 6.92 Å². The highest BCUT2D eigenvalue weighted by molar-refractivity contribution is 5.20. The van der Waals surface area contributed by atoms with Crippen molar-refractivity contribution in [3.63, 3.8) is 0 Å². The molecule has 0 unspecified atom stereocenters. The first-order valence-electron chi connectivity index (χ1n) is 8.26. The Balaban J connectivity index is 1.49. The summed E-state index contributed by atoms with van der Waals surface area (Å²) in [6.45, 7) is 7.31. The van der Waals surface area contributed by atoms with Gasteiger partial charge in [0, 0.05) is 44.7 Å².